The van der Waals surface area contributed by atoms with E-state index in [0.29, 0.717) is 0 Å². The maximum absolute atomic E-state index is 3.60. The van der Waals surface area contributed by atoms with Gasteiger partial charge in [-0.25, -0.2) is 0 Å². The van der Waals surface area contributed by atoms with Gasteiger partial charge in [0.1, 0.15) is 0 Å². The number of hydrogen-bond acceptors (Lipinski definition) is 2. The summed E-state index contributed by atoms with van der Waals surface area (Å²) in [6, 6.07) is 9.82. The lowest BCUT2D eigenvalue weighted by Gasteiger charge is -2.11. The Morgan fingerprint density at radius 1 is 1.00 bits per heavy atom. The average molecular weight is 288 g/mol. The minimum absolute atomic E-state index is 0.735. The number of benzene rings is 1. The maximum atomic E-state index is 3.60. The van der Waals surface area contributed by atoms with Crippen molar-refractivity contribution in [2.75, 3.05) is 19.6 Å². The Morgan fingerprint density at radius 3 is 2.38 bits per heavy atom. The number of rotatable bonds is 11. The molecule has 1 aromatic carbocycles. The molecule has 2 nitrogen and oxygen atoms in total. The number of nitrogens with one attached hydrogen (secondary N) is 2. The number of unbranched alkanes of at least 4 members (excludes halogenated alkanes) is 1. The van der Waals surface area contributed by atoms with Crippen LogP contribution in [0, 0.1) is 5.92 Å². The van der Waals surface area contributed by atoms with E-state index in [0.717, 1.165) is 31.5 Å². The Morgan fingerprint density at radius 2 is 1.71 bits per heavy atom. The van der Waals surface area contributed by atoms with Crippen molar-refractivity contribution in [3.8, 4) is 0 Å². The zero-order chi connectivity index (χ0) is 14.9. The van der Waals surface area contributed by atoms with Gasteiger partial charge >= 0.3 is 0 Å². The molecule has 2 rings (SSSR count). The van der Waals surface area contributed by atoms with Crippen LogP contribution in [-0.2, 0) is 12.8 Å². The third-order valence-corrected chi connectivity index (χ3v) is 4.13. The van der Waals surface area contributed by atoms with Gasteiger partial charge in [-0.2, -0.15) is 0 Å². The van der Waals surface area contributed by atoms with E-state index in [-0.39, 0.29) is 0 Å². The van der Waals surface area contributed by atoms with E-state index < -0.39 is 0 Å². The molecule has 2 N–H and O–H groups in total. The first-order valence-corrected chi connectivity index (χ1v) is 8.76. The van der Waals surface area contributed by atoms with Crippen LogP contribution in [0.3, 0.4) is 0 Å². The summed E-state index contributed by atoms with van der Waals surface area (Å²) in [7, 11) is 0. The summed E-state index contributed by atoms with van der Waals surface area (Å²) in [4.78, 5) is 0. The molecule has 1 aliphatic rings. The predicted molar refractivity (Wildman–Crippen MR) is 91.8 cm³/mol. The molecule has 0 saturated heterocycles. The minimum atomic E-state index is 0.735. The lowest BCUT2D eigenvalue weighted by Crippen LogP contribution is -2.22. The van der Waals surface area contributed by atoms with Crippen molar-refractivity contribution in [1.82, 2.24) is 10.6 Å². The van der Waals surface area contributed by atoms with Gasteiger partial charge in [-0.1, -0.05) is 38.1 Å². The second kappa shape index (κ2) is 9.22. The van der Waals surface area contributed by atoms with Gasteiger partial charge < -0.3 is 10.6 Å². The monoisotopic (exact) mass is 288 g/mol. The van der Waals surface area contributed by atoms with Gasteiger partial charge in [0.05, 0.1) is 0 Å². The fourth-order valence-electron chi connectivity index (χ4n) is 2.69. The first-order chi connectivity index (χ1) is 10.3. The van der Waals surface area contributed by atoms with E-state index in [1.54, 1.807) is 5.56 Å². The van der Waals surface area contributed by atoms with Gasteiger partial charge in [0.2, 0.25) is 0 Å². The molecule has 0 heterocycles. The van der Waals surface area contributed by atoms with Gasteiger partial charge in [0.25, 0.3) is 0 Å². The lowest BCUT2D eigenvalue weighted by atomic mass is 9.99. The average Bonchev–Trinajstić information content (AvgIpc) is 3.28. The highest BCUT2D eigenvalue weighted by atomic mass is 14.9. The summed E-state index contributed by atoms with van der Waals surface area (Å²) in [5.74, 6) is 0.735. The van der Waals surface area contributed by atoms with Crippen molar-refractivity contribution in [2.45, 2.75) is 58.4 Å². The molecule has 0 aliphatic heterocycles. The van der Waals surface area contributed by atoms with Crippen molar-refractivity contribution in [3.05, 3.63) is 35.4 Å². The zero-order valence-electron chi connectivity index (χ0n) is 13.8. The molecule has 0 radical (unpaired) electrons. The molecule has 1 aromatic rings. The Hall–Kier alpha value is -0.860. The van der Waals surface area contributed by atoms with Crippen LogP contribution >= 0.6 is 0 Å². The van der Waals surface area contributed by atoms with Crippen molar-refractivity contribution in [2.24, 2.45) is 5.92 Å². The third kappa shape index (κ3) is 7.10. The first-order valence-electron chi connectivity index (χ1n) is 8.76. The van der Waals surface area contributed by atoms with Gasteiger partial charge in [-0.05, 0) is 75.2 Å². The summed E-state index contributed by atoms with van der Waals surface area (Å²) in [5.41, 5.74) is 3.08. The van der Waals surface area contributed by atoms with Gasteiger partial charge in [-0.3, -0.25) is 0 Å². The van der Waals surface area contributed by atoms with Gasteiger partial charge in [-0.15, -0.1) is 0 Å². The van der Waals surface area contributed by atoms with E-state index in [1.165, 1.54) is 44.2 Å². The standard InChI is InChI=1S/C19H32N2/c1-16(2)15-20-14-12-18-8-4-3-7-17(18)9-5-6-13-21-19-10-11-19/h3-4,7-8,16,19-21H,5-6,9-15H2,1-2H3. The second-order valence-electron chi connectivity index (χ2n) is 6.80. The Labute approximate surface area is 130 Å². The summed E-state index contributed by atoms with van der Waals surface area (Å²) in [6.45, 7) is 7.93. The van der Waals surface area contributed by atoms with Crippen molar-refractivity contribution in [3.63, 3.8) is 0 Å². The highest BCUT2D eigenvalue weighted by Gasteiger charge is 2.19. The zero-order valence-corrected chi connectivity index (χ0v) is 13.8. The normalized spacial score (nSPS) is 14.8. The van der Waals surface area contributed by atoms with E-state index in [1.807, 2.05) is 0 Å². The first kappa shape index (κ1) is 16.5. The molecule has 0 bridgehead atoms. The molecule has 1 saturated carbocycles. The SMILES string of the molecule is CC(C)CNCCc1ccccc1CCCCNC1CC1. The van der Waals surface area contributed by atoms with Crippen LogP contribution in [0.25, 0.3) is 0 Å². The summed E-state index contributed by atoms with van der Waals surface area (Å²) in [5, 5.41) is 7.15. The number of aryl methyl sites for hydroxylation is 1. The quantitative estimate of drug-likeness (QED) is 0.609. The fraction of sp³-hybridized carbons (Fsp3) is 0.684. The van der Waals surface area contributed by atoms with Crippen molar-refractivity contribution < 1.29 is 0 Å². The molecule has 1 aliphatic carbocycles. The topological polar surface area (TPSA) is 24.1 Å². The van der Waals surface area contributed by atoms with Gasteiger partial charge in [0.15, 0.2) is 0 Å². The molecule has 0 unspecified atom stereocenters. The van der Waals surface area contributed by atoms with E-state index in [9.17, 15) is 0 Å². The van der Waals surface area contributed by atoms with Crippen LogP contribution < -0.4 is 10.6 Å². The lowest BCUT2D eigenvalue weighted by molar-refractivity contribution is 0.553. The third-order valence-electron chi connectivity index (χ3n) is 4.13. The Bertz CT molecular complexity index is 396. The molecular weight excluding hydrogens is 256 g/mol. The van der Waals surface area contributed by atoms with E-state index in [4.69, 9.17) is 0 Å². The summed E-state index contributed by atoms with van der Waals surface area (Å²) < 4.78 is 0. The van der Waals surface area contributed by atoms with Crippen LogP contribution in [0.1, 0.15) is 50.7 Å². The highest BCUT2D eigenvalue weighted by molar-refractivity contribution is 5.27. The van der Waals surface area contributed by atoms with E-state index in [2.05, 4.69) is 48.7 Å². The van der Waals surface area contributed by atoms with Gasteiger partial charge in [0, 0.05) is 6.04 Å². The predicted octanol–water partition coefficient (Wildman–Crippen LogP) is 3.55. The second-order valence-corrected chi connectivity index (χ2v) is 6.80. The molecule has 0 spiro atoms. The minimum Gasteiger partial charge on any atom is -0.316 e. The molecule has 0 aromatic heterocycles. The number of hydrogen-bond donors (Lipinski definition) is 2. The summed E-state index contributed by atoms with van der Waals surface area (Å²) >= 11 is 0. The van der Waals surface area contributed by atoms with Crippen molar-refractivity contribution in [1.29, 1.82) is 0 Å². The summed E-state index contributed by atoms with van der Waals surface area (Å²) in [6.07, 6.45) is 7.78. The Balaban J connectivity index is 1.65. The molecule has 0 atom stereocenters. The van der Waals surface area contributed by atoms with E-state index >= 15 is 0 Å². The van der Waals surface area contributed by atoms with Crippen LogP contribution in [0.4, 0.5) is 0 Å². The Kier molecular flexibility index (Phi) is 7.25. The largest absolute Gasteiger partial charge is 0.316 e. The smallest absolute Gasteiger partial charge is 0.00682 e. The molecule has 118 valence electrons. The molecule has 1 fully saturated rings. The molecule has 2 heteroatoms. The van der Waals surface area contributed by atoms with Crippen LogP contribution in [0.15, 0.2) is 24.3 Å². The fourth-order valence-corrected chi connectivity index (χ4v) is 2.69. The molecular formula is C19H32N2. The van der Waals surface area contributed by atoms with Crippen molar-refractivity contribution >= 4 is 0 Å². The maximum Gasteiger partial charge on any atom is 0.00682 e. The van der Waals surface area contributed by atoms with Crippen LogP contribution in [0.5, 0.6) is 0 Å². The molecule has 21 heavy (non-hydrogen) atoms. The van der Waals surface area contributed by atoms with Crippen LogP contribution in [-0.4, -0.2) is 25.7 Å². The van der Waals surface area contributed by atoms with Crippen LogP contribution in [0.2, 0.25) is 0 Å². The molecule has 0 amide bonds. The highest BCUT2D eigenvalue weighted by Crippen LogP contribution is 2.18.